The Balaban J connectivity index is 0.000000153. The van der Waals surface area contributed by atoms with Gasteiger partial charge in [0.05, 0.1) is 98.6 Å². The van der Waals surface area contributed by atoms with Crippen LogP contribution in [0.4, 0.5) is 11.6 Å². The fraction of sp³-hybridized carbons (Fsp3) is 0.145. The summed E-state index contributed by atoms with van der Waals surface area (Å²) in [5.41, 5.74) is 14.8. The van der Waals surface area contributed by atoms with Crippen LogP contribution in [0.2, 0.25) is 15.5 Å². The number of rotatable bonds is 10. The molecular weight excluding hydrogens is 1630 g/mol. The molecule has 1 saturated heterocycles. The van der Waals surface area contributed by atoms with Crippen LogP contribution in [-0.4, -0.2) is 127 Å². The number of para-hydroxylation sites is 4. The Morgan fingerprint density at radius 3 is 1.35 bits per heavy atom. The lowest BCUT2D eigenvalue weighted by molar-refractivity contribution is 0.00578. The quantitative estimate of drug-likeness (QED) is 0.0430. The van der Waals surface area contributed by atoms with Crippen molar-refractivity contribution in [3.8, 4) is 56.5 Å². The molecule has 0 spiro atoms. The number of nitrogens with zero attached hydrogens (tertiary/aromatic N) is 18. The molecule has 101 heavy (non-hydrogen) atoms. The molecule has 1 aliphatic heterocycles. The molecule has 24 nitrogen and oxygen atoms in total. The number of halogens is 6. The summed E-state index contributed by atoms with van der Waals surface area (Å²) >= 11 is 25.2. The molecule has 14 rings (SSSR count). The normalized spacial score (nSPS) is 12.5. The van der Waals surface area contributed by atoms with Crippen molar-refractivity contribution in [2.75, 3.05) is 7.05 Å². The number of aromatic nitrogens is 16. The van der Waals surface area contributed by atoms with E-state index in [9.17, 15) is 0 Å². The van der Waals surface area contributed by atoms with E-state index in [1.165, 1.54) is 6.20 Å². The number of nitrogens with one attached hydrogen (secondary N) is 1. The van der Waals surface area contributed by atoms with Crippen molar-refractivity contribution in [2.45, 2.75) is 38.9 Å². The molecule has 5 aromatic carbocycles. The number of benzene rings is 5. The molecule has 5 N–H and O–H groups in total. The molecular formula is C69H66B2BrCl3I2N20O4. The largest absolute Gasteiger partial charge is 0.514 e. The van der Waals surface area contributed by atoms with Gasteiger partial charge in [0.15, 0.2) is 10.3 Å². The van der Waals surface area contributed by atoms with Crippen LogP contribution in [0.25, 0.3) is 66.2 Å². The van der Waals surface area contributed by atoms with Gasteiger partial charge in [0, 0.05) is 64.1 Å². The highest BCUT2D eigenvalue weighted by molar-refractivity contribution is 14.1. The van der Waals surface area contributed by atoms with Gasteiger partial charge in [0.1, 0.15) is 5.15 Å². The zero-order valence-corrected chi connectivity index (χ0v) is 63.8. The van der Waals surface area contributed by atoms with Gasteiger partial charge in [-0.05, 0) is 177 Å². The highest BCUT2D eigenvalue weighted by atomic mass is 127. The number of aryl methyl sites for hydroxylation is 3. The number of hydrogen-bond acceptors (Lipinski definition) is 14. The first-order chi connectivity index (χ1) is 48.5. The van der Waals surface area contributed by atoms with Gasteiger partial charge in [-0.25, -0.2) is 9.36 Å². The number of allylic oxidation sites excluding steroid dienone is 1. The fourth-order valence-electron chi connectivity index (χ4n) is 9.14. The van der Waals surface area contributed by atoms with Crippen LogP contribution >= 0.6 is 95.9 Å². The lowest BCUT2D eigenvalue weighted by Gasteiger charge is -2.32. The number of aliphatic imine (C=N–C) groups is 1. The van der Waals surface area contributed by atoms with Crippen molar-refractivity contribution >= 4 is 133 Å². The molecule has 0 atom stereocenters. The van der Waals surface area contributed by atoms with Crippen LogP contribution in [0.5, 0.6) is 0 Å². The molecule has 0 aliphatic carbocycles. The lowest BCUT2D eigenvalue weighted by atomic mass is 9.81. The smallest absolute Gasteiger partial charge is 0.423 e. The monoisotopic (exact) mass is 1700 g/mol. The fourth-order valence-corrected chi connectivity index (χ4v) is 10.8. The molecule has 0 unspecified atom stereocenters. The molecule has 0 amide bonds. The maximum absolute atomic E-state index is 8.58. The van der Waals surface area contributed by atoms with Crippen LogP contribution < -0.4 is 11.2 Å². The van der Waals surface area contributed by atoms with E-state index in [1.54, 1.807) is 94.9 Å². The van der Waals surface area contributed by atoms with Crippen LogP contribution in [0.3, 0.4) is 0 Å². The average Bonchev–Trinajstić information content (AvgIpc) is 1.65. The third-order valence-corrected chi connectivity index (χ3v) is 18.7. The van der Waals surface area contributed by atoms with Crippen LogP contribution in [0.1, 0.15) is 27.7 Å². The summed E-state index contributed by atoms with van der Waals surface area (Å²) in [6.07, 6.45) is 17.5. The van der Waals surface area contributed by atoms with Gasteiger partial charge in [-0.3, -0.25) is 24.1 Å². The molecule has 0 radical (unpaired) electrons. The van der Waals surface area contributed by atoms with Gasteiger partial charge in [-0.15, -0.1) is 0 Å². The van der Waals surface area contributed by atoms with Crippen molar-refractivity contribution in [2.24, 2.45) is 31.9 Å². The second-order valence-corrected chi connectivity index (χ2v) is 26.5. The number of nitrogens with two attached hydrogens (primary N) is 1. The Kier molecular flexibility index (Phi) is 28.3. The van der Waals surface area contributed by atoms with E-state index in [4.69, 9.17) is 73.0 Å². The van der Waals surface area contributed by atoms with Crippen LogP contribution in [-0.2, 0) is 30.5 Å². The van der Waals surface area contributed by atoms with Gasteiger partial charge in [0.2, 0.25) is 0 Å². The third-order valence-electron chi connectivity index (χ3n) is 15.0. The minimum absolute atomic E-state index is 0.337. The first-order valence-corrected chi connectivity index (χ1v) is 34.5. The number of aromatic amines is 1. The minimum Gasteiger partial charge on any atom is -0.423 e. The predicted octanol–water partition coefficient (Wildman–Crippen LogP) is 14.7. The Morgan fingerprint density at radius 1 is 0.584 bits per heavy atom. The first-order valence-electron chi connectivity index (χ1n) is 30.4. The van der Waals surface area contributed by atoms with E-state index < -0.39 is 14.2 Å². The average molecular weight is 1700 g/mol. The Bertz CT molecular complexity index is 4840. The Labute approximate surface area is 635 Å². The molecule has 1 fully saturated rings. The van der Waals surface area contributed by atoms with E-state index in [0.29, 0.717) is 38.2 Å². The molecule has 514 valence electrons. The minimum atomic E-state index is -1.34. The highest BCUT2D eigenvalue weighted by Gasteiger charge is 2.52. The summed E-state index contributed by atoms with van der Waals surface area (Å²) in [7, 11) is 5.49. The Hall–Kier alpha value is -9.25. The first kappa shape index (κ1) is 77.5. The zero-order valence-electron chi connectivity index (χ0n) is 55.6. The topological polar surface area (TPSA) is 259 Å². The summed E-state index contributed by atoms with van der Waals surface area (Å²) < 4.78 is 26.6. The van der Waals surface area contributed by atoms with Crippen LogP contribution in [0.15, 0.2) is 235 Å². The third kappa shape index (κ3) is 20.7. The van der Waals surface area contributed by atoms with E-state index in [0.717, 1.165) is 68.1 Å². The second-order valence-electron chi connectivity index (χ2n) is 22.2. The molecule has 13 aromatic rings. The van der Waals surface area contributed by atoms with Crippen molar-refractivity contribution in [1.82, 2.24) is 78.7 Å². The number of hydrogen-bond donors (Lipinski definition) is 4. The van der Waals surface area contributed by atoms with Crippen molar-refractivity contribution in [1.29, 1.82) is 0 Å². The highest BCUT2D eigenvalue weighted by Crippen LogP contribution is 2.38. The van der Waals surface area contributed by atoms with E-state index in [-0.39, 0.29) is 11.2 Å². The molecule has 0 saturated carbocycles. The molecule has 9 heterocycles. The zero-order chi connectivity index (χ0) is 72.8. The Morgan fingerprint density at radius 2 is 1.00 bits per heavy atom. The second kappa shape index (κ2) is 36.9. The van der Waals surface area contributed by atoms with Crippen molar-refractivity contribution < 1.29 is 19.4 Å². The summed E-state index contributed by atoms with van der Waals surface area (Å²) in [4.78, 5) is 11.1. The van der Waals surface area contributed by atoms with Gasteiger partial charge in [0.25, 0.3) is 0 Å². The molecule has 32 heteroatoms. The van der Waals surface area contributed by atoms with E-state index in [1.807, 2.05) is 213 Å². The van der Waals surface area contributed by atoms with Crippen molar-refractivity contribution in [3.63, 3.8) is 0 Å². The van der Waals surface area contributed by atoms with E-state index in [2.05, 4.69) is 122 Å². The van der Waals surface area contributed by atoms with Crippen LogP contribution in [0, 0.1) is 20.3 Å². The lowest BCUT2D eigenvalue weighted by Crippen LogP contribution is -2.41. The summed E-state index contributed by atoms with van der Waals surface area (Å²) in [5, 5.41) is 54.6. The van der Waals surface area contributed by atoms with E-state index >= 15 is 0 Å². The van der Waals surface area contributed by atoms with Gasteiger partial charge in [-0.2, -0.15) is 40.0 Å². The molecule has 8 aromatic heterocycles. The summed E-state index contributed by atoms with van der Waals surface area (Å²) in [5.74, 6) is 0.741. The van der Waals surface area contributed by atoms with Gasteiger partial charge >= 0.3 is 25.9 Å². The standard InChI is InChI=1S/C14H10BrN5.C14H11N5.C13H11ClN4.C10H19BN2O2.C9H6ClIN2.C6H7BO2.C3H2ClIN2/c1-16-14-11(13-12(15)8-17-19(13)2)9-20(18-14)10-6-4-3-5-7-10;1-15-14-12(13-8-9-16-18(13)2)10-19(17-14)11-6-4-3-5-7-11;1-17-12(7-8-15-17)11-9-18(16-13(11)14)10-5-3-2-4-6-10;1-9(2)10(3,4)15-11(14-9)8(13-5)6-7-12;10-9-8(11)6-13(12-9)7-4-2-1-3-5-7;8-7(9)6-4-2-1-3-5-6;4-3-2(5)1-6-7-3/h3-9H,2H3;3-10H,2H3;2-9H,1H3;6-7H,12H2,1-5H3;1-6H;1-5,8-9H;1H,(H,6,7). The van der Waals surface area contributed by atoms with Gasteiger partial charge in [-0.1, -0.05) is 151 Å². The maximum Gasteiger partial charge on any atom is 0.514 e. The summed E-state index contributed by atoms with van der Waals surface area (Å²) in [6.45, 7) is 22.6. The number of H-pyrrole nitrogens is 1. The SMILES string of the molecule is CN=C(C=CN)B1OC(C)(C)C(C)(C)O1.Clc1[nH]ncc1I.Clc1nn(-c2ccccc2)cc1I.Cn1nccc1-c1cn(-c2ccccc2)nc1Cl.OB(O)c1ccccc1.[C-]#[N+]c1nn(-c2ccccc2)cc1-c1c(Br)cnn1C.[C-]#[N+]c1nn(-c2ccccc2)cc1-c1ccnn1C. The maximum atomic E-state index is 8.58. The summed E-state index contributed by atoms with van der Waals surface area (Å²) in [6, 6.07) is 51.7. The van der Waals surface area contributed by atoms with Crippen molar-refractivity contribution in [3.05, 3.63) is 276 Å². The predicted molar refractivity (Wildman–Crippen MR) is 419 cm³/mol. The van der Waals surface area contributed by atoms with Gasteiger partial charge < -0.3 is 34.8 Å². The molecule has 0 bridgehead atoms. The molecule has 1 aliphatic rings.